The summed E-state index contributed by atoms with van der Waals surface area (Å²) in [4.78, 5) is 16.0. The van der Waals surface area contributed by atoms with E-state index in [-0.39, 0.29) is 11.4 Å². The Balaban J connectivity index is 2.45. The number of piperazine rings is 1. The molecule has 0 bridgehead atoms. The Bertz CT molecular complexity index is 222. The van der Waals surface area contributed by atoms with Gasteiger partial charge in [-0.15, -0.1) is 0 Å². The first kappa shape index (κ1) is 12.5. The van der Waals surface area contributed by atoms with Gasteiger partial charge >= 0.3 is 0 Å². The minimum absolute atomic E-state index is 0.0929. The predicted molar refractivity (Wildman–Crippen MR) is 61.6 cm³/mol. The van der Waals surface area contributed by atoms with Crippen LogP contribution in [-0.2, 0) is 4.79 Å². The van der Waals surface area contributed by atoms with Crippen molar-refractivity contribution in [3.63, 3.8) is 0 Å². The van der Waals surface area contributed by atoms with Crippen LogP contribution in [0.2, 0.25) is 0 Å². The predicted octanol–water partition coefficient (Wildman–Crippen LogP) is 0.278. The molecule has 1 aliphatic rings. The van der Waals surface area contributed by atoms with E-state index in [4.69, 9.17) is 5.73 Å². The normalized spacial score (nSPS) is 19.7. The third-order valence-corrected chi connectivity index (χ3v) is 2.90. The molecule has 1 saturated heterocycles. The van der Waals surface area contributed by atoms with Crippen LogP contribution < -0.4 is 5.73 Å². The van der Waals surface area contributed by atoms with Gasteiger partial charge in [-0.05, 0) is 33.7 Å². The second-order valence-corrected chi connectivity index (χ2v) is 5.12. The first-order valence-corrected chi connectivity index (χ1v) is 5.68. The minimum Gasteiger partial charge on any atom is -0.340 e. The van der Waals surface area contributed by atoms with E-state index in [0.29, 0.717) is 13.1 Å². The van der Waals surface area contributed by atoms with E-state index in [0.717, 1.165) is 26.1 Å². The van der Waals surface area contributed by atoms with Crippen LogP contribution in [0.25, 0.3) is 0 Å². The van der Waals surface area contributed by atoms with Gasteiger partial charge in [-0.25, -0.2) is 0 Å². The molecule has 1 rings (SSSR count). The highest BCUT2D eigenvalue weighted by Crippen LogP contribution is 2.16. The summed E-state index contributed by atoms with van der Waals surface area (Å²) >= 11 is 0. The maximum atomic E-state index is 11.8. The molecule has 1 aliphatic heterocycles. The van der Waals surface area contributed by atoms with Crippen molar-refractivity contribution in [1.29, 1.82) is 0 Å². The standard InChI is InChI=1S/C11H23N3O/c1-11(2,3)14-8-7-13(6-4-5-12)10(15)9-14/h4-9,12H2,1-3H3. The molecule has 0 atom stereocenters. The largest absolute Gasteiger partial charge is 0.340 e. The van der Waals surface area contributed by atoms with Crippen LogP contribution in [0.3, 0.4) is 0 Å². The monoisotopic (exact) mass is 213 g/mol. The number of nitrogens with two attached hydrogens (primary N) is 1. The molecule has 4 heteroatoms. The Morgan fingerprint density at radius 2 is 2.00 bits per heavy atom. The molecule has 0 spiro atoms. The summed E-state index contributed by atoms with van der Waals surface area (Å²) in [5, 5.41) is 0. The summed E-state index contributed by atoms with van der Waals surface area (Å²) in [6, 6.07) is 0. The molecule has 88 valence electrons. The van der Waals surface area contributed by atoms with E-state index in [9.17, 15) is 4.79 Å². The highest BCUT2D eigenvalue weighted by atomic mass is 16.2. The van der Waals surface area contributed by atoms with Crippen molar-refractivity contribution in [1.82, 2.24) is 9.80 Å². The van der Waals surface area contributed by atoms with Crippen molar-refractivity contribution in [2.45, 2.75) is 32.7 Å². The fraction of sp³-hybridized carbons (Fsp3) is 0.909. The quantitative estimate of drug-likeness (QED) is 0.732. The zero-order valence-corrected chi connectivity index (χ0v) is 10.1. The van der Waals surface area contributed by atoms with Crippen molar-refractivity contribution in [3.8, 4) is 0 Å². The Labute approximate surface area is 92.4 Å². The minimum atomic E-state index is 0.0929. The molecule has 0 aliphatic carbocycles. The SMILES string of the molecule is CC(C)(C)N1CCN(CCCN)C(=O)C1. The number of nitrogens with zero attached hydrogens (tertiary/aromatic N) is 2. The zero-order valence-electron chi connectivity index (χ0n) is 10.1. The molecule has 0 aromatic heterocycles. The average Bonchev–Trinajstić information content (AvgIpc) is 2.14. The van der Waals surface area contributed by atoms with Crippen LogP contribution in [0.4, 0.5) is 0 Å². The molecule has 0 aromatic rings. The topological polar surface area (TPSA) is 49.6 Å². The van der Waals surface area contributed by atoms with Crippen molar-refractivity contribution in [2.75, 3.05) is 32.7 Å². The lowest BCUT2D eigenvalue weighted by Crippen LogP contribution is -2.56. The van der Waals surface area contributed by atoms with Gasteiger partial charge in [-0.1, -0.05) is 0 Å². The molecular formula is C11H23N3O. The molecular weight excluding hydrogens is 190 g/mol. The first-order valence-electron chi connectivity index (χ1n) is 5.68. The first-order chi connectivity index (χ1) is 6.95. The summed E-state index contributed by atoms with van der Waals surface area (Å²) in [5.41, 5.74) is 5.53. The molecule has 0 radical (unpaired) electrons. The summed E-state index contributed by atoms with van der Waals surface area (Å²) in [6.07, 6.45) is 0.904. The summed E-state index contributed by atoms with van der Waals surface area (Å²) in [5.74, 6) is 0.240. The summed E-state index contributed by atoms with van der Waals surface area (Å²) in [6.45, 7) is 10.3. The van der Waals surface area contributed by atoms with Crippen molar-refractivity contribution in [2.24, 2.45) is 5.73 Å². The maximum Gasteiger partial charge on any atom is 0.236 e. The molecule has 0 saturated carbocycles. The number of amides is 1. The smallest absolute Gasteiger partial charge is 0.236 e. The lowest BCUT2D eigenvalue weighted by atomic mass is 10.0. The van der Waals surface area contributed by atoms with Crippen molar-refractivity contribution >= 4 is 5.91 Å². The molecule has 1 heterocycles. The third kappa shape index (κ3) is 3.47. The number of carbonyl (C=O) groups is 1. The van der Waals surface area contributed by atoms with Gasteiger partial charge in [-0.2, -0.15) is 0 Å². The Kier molecular flexibility index (Phi) is 4.11. The second-order valence-electron chi connectivity index (χ2n) is 5.12. The van der Waals surface area contributed by atoms with Crippen LogP contribution in [0.5, 0.6) is 0 Å². The van der Waals surface area contributed by atoms with Gasteiger partial charge in [0.1, 0.15) is 0 Å². The number of hydrogen-bond donors (Lipinski definition) is 1. The number of rotatable bonds is 3. The van der Waals surface area contributed by atoms with Gasteiger partial charge in [-0.3, -0.25) is 9.69 Å². The molecule has 1 fully saturated rings. The van der Waals surface area contributed by atoms with Gasteiger partial charge in [0, 0.05) is 25.2 Å². The molecule has 2 N–H and O–H groups in total. The van der Waals surface area contributed by atoms with Crippen LogP contribution in [0.15, 0.2) is 0 Å². The Morgan fingerprint density at radius 3 is 2.47 bits per heavy atom. The van der Waals surface area contributed by atoms with E-state index in [2.05, 4.69) is 25.7 Å². The van der Waals surface area contributed by atoms with Crippen LogP contribution in [0, 0.1) is 0 Å². The van der Waals surface area contributed by atoms with E-state index >= 15 is 0 Å². The van der Waals surface area contributed by atoms with E-state index in [1.807, 2.05) is 4.90 Å². The van der Waals surface area contributed by atoms with Crippen LogP contribution in [0.1, 0.15) is 27.2 Å². The molecule has 4 nitrogen and oxygen atoms in total. The van der Waals surface area contributed by atoms with Gasteiger partial charge in [0.25, 0.3) is 0 Å². The Hall–Kier alpha value is -0.610. The highest BCUT2D eigenvalue weighted by molar-refractivity contribution is 5.79. The summed E-state index contributed by atoms with van der Waals surface area (Å²) < 4.78 is 0. The molecule has 0 unspecified atom stereocenters. The van der Waals surface area contributed by atoms with E-state index < -0.39 is 0 Å². The maximum absolute atomic E-state index is 11.8. The molecule has 0 aromatic carbocycles. The number of carbonyl (C=O) groups excluding carboxylic acids is 1. The fourth-order valence-corrected chi connectivity index (χ4v) is 1.80. The van der Waals surface area contributed by atoms with Crippen molar-refractivity contribution in [3.05, 3.63) is 0 Å². The third-order valence-electron chi connectivity index (χ3n) is 2.90. The number of hydrogen-bond acceptors (Lipinski definition) is 3. The van der Waals surface area contributed by atoms with Gasteiger partial charge < -0.3 is 10.6 Å². The molecule has 15 heavy (non-hydrogen) atoms. The molecule has 1 amide bonds. The van der Waals surface area contributed by atoms with Gasteiger partial charge in [0.05, 0.1) is 6.54 Å². The van der Waals surface area contributed by atoms with Crippen LogP contribution >= 0.6 is 0 Å². The lowest BCUT2D eigenvalue weighted by Gasteiger charge is -2.41. The Morgan fingerprint density at radius 1 is 1.33 bits per heavy atom. The zero-order chi connectivity index (χ0) is 11.5. The van der Waals surface area contributed by atoms with Crippen LogP contribution in [-0.4, -0.2) is 54.0 Å². The lowest BCUT2D eigenvalue weighted by molar-refractivity contribution is -0.138. The highest BCUT2D eigenvalue weighted by Gasteiger charge is 2.29. The van der Waals surface area contributed by atoms with Gasteiger partial charge in [0.15, 0.2) is 0 Å². The van der Waals surface area contributed by atoms with Crippen molar-refractivity contribution < 1.29 is 4.79 Å². The summed E-state index contributed by atoms with van der Waals surface area (Å²) in [7, 11) is 0. The van der Waals surface area contributed by atoms with Gasteiger partial charge in [0.2, 0.25) is 5.91 Å². The van der Waals surface area contributed by atoms with E-state index in [1.165, 1.54) is 0 Å². The second kappa shape index (κ2) is 4.94. The fourth-order valence-electron chi connectivity index (χ4n) is 1.80. The average molecular weight is 213 g/mol. The van der Waals surface area contributed by atoms with E-state index in [1.54, 1.807) is 0 Å².